The third kappa shape index (κ3) is 2.97. The molecule has 3 aromatic rings. The van der Waals surface area contributed by atoms with E-state index in [4.69, 9.17) is 14.3 Å². The van der Waals surface area contributed by atoms with Gasteiger partial charge in [0.25, 0.3) is 0 Å². The standard InChI is InChI=1S/C20H18O5/c21-19-15-3-1-2-4-17(15)25-18-10-9-14(11-16(18)19)24-13-7-5-12(6-8-13)20(22)23/h1-4,9-13H,5-8H2,(H,22,23)/t12-,13-. The first kappa shape index (κ1) is 15.7. The second-order valence-electron chi connectivity index (χ2n) is 6.52. The fourth-order valence-electron chi connectivity index (χ4n) is 3.48. The third-order valence-corrected chi connectivity index (χ3v) is 4.87. The molecule has 25 heavy (non-hydrogen) atoms. The highest BCUT2D eigenvalue weighted by molar-refractivity contribution is 5.90. The zero-order chi connectivity index (χ0) is 17.4. The van der Waals surface area contributed by atoms with Crippen LogP contribution in [-0.4, -0.2) is 17.2 Å². The molecule has 1 fully saturated rings. The Balaban J connectivity index is 1.61. The Kier molecular flexibility index (Phi) is 3.92. The van der Waals surface area contributed by atoms with Crippen LogP contribution in [0.1, 0.15) is 25.7 Å². The first-order valence-electron chi connectivity index (χ1n) is 8.47. The number of ether oxygens (including phenoxy) is 1. The van der Waals surface area contributed by atoms with Gasteiger partial charge in [-0.2, -0.15) is 0 Å². The molecule has 1 aliphatic rings. The zero-order valence-electron chi connectivity index (χ0n) is 13.6. The summed E-state index contributed by atoms with van der Waals surface area (Å²) in [5.41, 5.74) is 1.03. The zero-order valence-corrected chi connectivity index (χ0v) is 13.6. The molecule has 2 aromatic carbocycles. The molecule has 0 spiro atoms. The summed E-state index contributed by atoms with van der Waals surface area (Å²) >= 11 is 0. The number of benzene rings is 2. The van der Waals surface area contributed by atoms with Gasteiger partial charge in [0.05, 0.1) is 22.8 Å². The summed E-state index contributed by atoms with van der Waals surface area (Å²) in [5.74, 6) is -0.377. The Morgan fingerprint density at radius 1 is 1.00 bits per heavy atom. The first-order valence-corrected chi connectivity index (χ1v) is 8.47. The highest BCUT2D eigenvalue weighted by Gasteiger charge is 2.27. The molecule has 4 rings (SSSR count). The Hall–Kier alpha value is -2.82. The van der Waals surface area contributed by atoms with Crippen molar-refractivity contribution in [2.24, 2.45) is 5.92 Å². The molecular weight excluding hydrogens is 320 g/mol. The van der Waals surface area contributed by atoms with Crippen LogP contribution < -0.4 is 10.2 Å². The van der Waals surface area contributed by atoms with Gasteiger partial charge in [-0.1, -0.05) is 12.1 Å². The van der Waals surface area contributed by atoms with Crippen LogP contribution in [0, 0.1) is 5.92 Å². The molecule has 0 aliphatic heterocycles. The van der Waals surface area contributed by atoms with Gasteiger partial charge < -0.3 is 14.3 Å². The molecule has 0 radical (unpaired) electrons. The molecule has 5 heteroatoms. The van der Waals surface area contributed by atoms with Crippen molar-refractivity contribution in [1.82, 2.24) is 0 Å². The lowest BCUT2D eigenvalue weighted by Crippen LogP contribution is -2.27. The lowest BCUT2D eigenvalue weighted by atomic mass is 9.87. The highest BCUT2D eigenvalue weighted by Crippen LogP contribution is 2.29. The third-order valence-electron chi connectivity index (χ3n) is 4.87. The van der Waals surface area contributed by atoms with Gasteiger partial charge in [-0.25, -0.2) is 0 Å². The molecule has 1 heterocycles. The molecule has 1 saturated carbocycles. The van der Waals surface area contributed by atoms with Gasteiger partial charge in [0, 0.05) is 0 Å². The summed E-state index contributed by atoms with van der Waals surface area (Å²) in [6, 6.07) is 12.4. The molecule has 1 aliphatic carbocycles. The number of aliphatic carboxylic acids is 1. The van der Waals surface area contributed by atoms with Gasteiger partial charge in [0.2, 0.25) is 5.43 Å². The molecule has 1 aromatic heterocycles. The van der Waals surface area contributed by atoms with Crippen LogP contribution in [0.25, 0.3) is 21.9 Å². The van der Waals surface area contributed by atoms with Gasteiger partial charge in [0.1, 0.15) is 16.9 Å². The lowest BCUT2D eigenvalue weighted by molar-refractivity contribution is -0.143. The van der Waals surface area contributed by atoms with Gasteiger partial charge in [0.15, 0.2) is 0 Å². The maximum Gasteiger partial charge on any atom is 0.306 e. The minimum absolute atomic E-state index is 0.0134. The monoisotopic (exact) mass is 338 g/mol. The second-order valence-corrected chi connectivity index (χ2v) is 6.52. The quantitative estimate of drug-likeness (QED) is 0.731. The number of hydrogen-bond acceptors (Lipinski definition) is 4. The summed E-state index contributed by atoms with van der Waals surface area (Å²) in [4.78, 5) is 23.7. The maximum atomic E-state index is 12.7. The minimum Gasteiger partial charge on any atom is -0.490 e. The predicted molar refractivity (Wildman–Crippen MR) is 94.0 cm³/mol. The number of hydrogen-bond donors (Lipinski definition) is 1. The molecule has 0 bridgehead atoms. The lowest BCUT2D eigenvalue weighted by Gasteiger charge is -2.26. The van der Waals surface area contributed by atoms with Crippen molar-refractivity contribution in [3.63, 3.8) is 0 Å². The Labute approximate surface area is 143 Å². The molecule has 0 unspecified atom stereocenters. The molecule has 128 valence electrons. The SMILES string of the molecule is O=c1c2ccccc2oc2ccc(O[C@H]3CC[C@H](C(=O)O)CC3)cc12. The van der Waals surface area contributed by atoms with E-state index in [1.807, 2.05) is 12.1 Å². The average molecular weight is 338 g/mol. The fourth-order valence-corrected chi connectivity index (χ4v) is 3.48. The molecule has 0 amide bonds. The van der Waals surface area contributed by atoms with Crippen LogP contribution in [0.5, 0.6) is 5.75 Å². The van der Waals surface area contributed by atoms with Crippen molar-refractivity contribution in [3.05, 3.63) is 52.7 Å². The number of carboxylic acids is 1. The largest absolute Gasteiger partial charge is 0.490 e. The highest BCUT2D eigenvalue weighted by atomic mass is 16.5. The van der Waals surface area contributed by atoms with E-state index in [0.29, 0.717) is 53.4 Å². The van der Waals surface area contributed by atoms with Crippen LogP contribution in [-0.2, 0) is 4.79 Å². The summed E-state index contributed by atoms with van der Waals surface area (Å²) in [7, 11) is 0. The van der Waals surface area contributed by atoms with E-state index in [-0.39, 0.29) is 17.5 Å². The first-order chi connectivity index (χ1) is 12.1. The molecule has 0 saturated heterocycles. The number of para-hydroxylation sites is 1. The number of carboxylic acid groups (broad SMARTS) is 1. The summed E-state index contributed by atoms with van der Waals surface area (Å²) < 4.78 is 11.8. The Morgan fingerprint density at radius 3 is 2.48 bits per heavy atom. The van der Waals surface area contributed by atoms with Crippen molar-refractivity contribution in [2.45, 2.75) is 31.8 Å². The number of carbonyl (C=O) groups is 1. The number of rotatable bonds is 3. The van der Waals surface area contributed by atoms with Gasteiger partial charge in [-0.15, -0.1) is 0 Å². The summed E-state index contributed by atoms with van der Waals surface area (Å²) in [6.07, 6.45) is 2.66. The maximum absolute atomic E-state index is 12.7. The van der Waals surface area contributed by atoms with E-state index in [9.17, 15) is 9.59 Å². The van der Waals surface area contributed by atoms with E-state index in [0.717, 1.165) is 0 Å². The normalized spacial score (nSPS) is 20.6. The van der Waals surface area contributed by atoms with E-state index >= 15 is 0 Å². The average Bonchev–Trinajstić information content (AvgIpc) is 2.63. The van der Waals surface area contributed by atoms with Crippen LogP contribution in [0.15, 0.2) is 51.7 Å². The van der Waals surface area contributed by atoms with Crippen molar-refractivity contribution in [1.29, 1.82) is 0 Å². The smallest absolute Gasteiger partial charge is 0.306 e. The summed E-state index contributed by atoms with van der Waals surface area (Å²) in [5, 5.41) is 10.1. The van der Waals surface area contributed by atoms with Gasteiger partial charge in [-0.3, -0.25) is 9.59 Å². The molecule has 0 atom stereocenters. The Bertz CT molecular complexity index is 996. The van der Waals surface area contributed by atoms with Crippen LogP contribution in [0.3, 0.4) is 0 Å². The number of fused-ring (bicyclic) bond motifs is 2. The second kappa shape index (κ2) is 6.24. The minimum atomic E-state index is -0.728. The van der Waals surface area contributed by atoms with Crippen LogP contribution in [0.2, 0.25) is 0 Å². The molecular formula is C20H18O5. The van der Waals surface area contributed by atoms with Gasteiger partial charge >= 0.3 is 5.97 Å². The van der Waals surface area contributed by atoms with Crippen molar-refractivity contribution >= 4 is 27.9 Å². The van der Waals surface area contributed by atoms with Crippen LogP contribution >= 0.6 is 0 Å². The van der Waals surface area contributed by atoms with Gasteiger partial charge in [-0.05, 0) is 56.0 Å². The molecule has 5 nitrogen and oxygen atoms in total. The fraction of sp³-hybridized carbons (Fsp3) is 0.300. The summed E-state index contributed by atoms with van der Waals surface area (Å²) in [6.45, 7) is 0. The van der Waals surface area contributed by atoms with E-state index in [1.54, 1.807) is 30.3 Å². The van der Waals surface area contributed by atoms with E-state index < -0.39 is 5.97 Å². The van der Waals surface area contributed by atoms with Crippen molar-refractivity contribution in [2.75, 3.05) is 0 Å². The Morgan fingerprint density at radius 2 is 1.72 bits per heavy atom. The van der Waals surface area contributed by atoms with Crippen molar-refractivity contribution in [3.8, 4) is 5.75 Å². The topological polar surface area (TPSA) is 76.7 Å². The predicted octanol–water partition coefficient (Wildman–Crippen LogP) is 3.97. The van der Waals surface area contributed by atoms with Crippen LogP contribution in [0.4, 0.5) is 0 Å². The molecule has 1 N–H and O–H groups in total. The van der Waals surface area contributed by atoms with E-state index in [2.05, 4.69) is 0 Å². The van der Waals surface area contributed by atoms with E-state index in [1.165, 1.54) is 0 Å². The van der Waals surface area contributed by atoms with Crippen molar-refractivity contribution < 1.29 is 19.1 Å².